The zero-order valence-corrected chi connectivity index (χ0v) is 18.8. The summed E-state index contributed by atoms with van der Waals surface area (Å²) in [6.07, 6.45) is 0.565. The number of hydrazone groups is 1. The van der Waals surface area contributed by atoms with Crippen LogP contribution in [0.4, 0.5) is 0 Å². The molecule has 0 aliphatic carbocycles. The molecular formula is C22H25N3O6S. The first-order valence-electron chi connectivity index (χ1n) is 10.2. The van der Waals surface area contributed by atoms with Gasteiger partial charge in [-0.1, -0.05) is 12.1 Å². The second-order valence-corrected chi connectivity index (χ2v) is 8.28. The summed E-state index contributed by atoms with van der Waals surface area (Å²) in [6, 6.07) is 9.29. The van der Waals surface area contributed by atoms with Crippen LogP contribution in [0.15, 0.2) is 40.8 Å². The Labute approximate surface area is 190 Å². The Balaban J connectivity index is 1.59. The van der Waals surface area contributed by atoms with Crippen LogP contribution < -0.4 is 9.47 Å². The van der Waals surface area contributed by atoms with E-state index in [0.29, 0.717) is 24.5 Å². The number of methoxy groups -OCH3 is 2. The maximum atomic E-state index is 13.4. The van der Waals surface area contributed by atoms with E-state index in [1.165, 1.54) is 17.0 Å². The highest BCUT2D eigenvalue weighted by Gasteiger charge is 2.35. The van der Waals surface area contributed by atoms with Crippen molar-refractivity contribution in [3.05, 3.63) is 46.2 Å². The van der Waals surface area contributed by atoms with Crippen LogP contribution in [-0.2, 0) is 19.1 Å². The molecular weight excluding hydrogens is 434 g/mol. The molecule has 32 heavy (non-hydrogen) atoms. The Morgan fingerprint density at radius 2 is 2.06 bits per heavy atom. The van der Waals surface area contributed by atoms with Gasteiger partial charge in [0, 0.05) is 27.2 Å². The number of amides is 2. The maximum absolute atomic E-state index is 13.4. The molecule has 0 fully saturated rings. The lowest BCUT2D eigenvalue weighted by molar-refractivity contribution is -0.144. The van der Waals surface area contributed by atoms with Crippen LogP contribution in [-0.4, -0.2) is 74.8 Å². The summed E-state index contributed by atoms with van der Waals surface area (Å²) >= 11 is 1.58. The lowest BCUT2D eigenvalue weighted by Crippen LogP contribution is -2.44. The van der Waals surface area contributed by atoms with Gasteiger partial charge in [0.25, 0.3) is 5.91 Å². The van der Waals surface area contributed by atoms with E-state index in [4.69, 9.17) is 18.9 Å². The van der Waals surface area contributed by atoms with Crippen molar-refractivity contribution in [3.63, 3.8) is 0 Å². The van der Waals surface area contributed by atoms with Crippen LogP contribution in [0.5, 0.6) is 11.5 Å². The van der Waals surface area contributed by atoms with Gasteiger partial charge in [0.15, 0.2) is 11.5 Å². The number of ether oxygens (including phenoxy) is 4. The Morgan fingerprint density at radius 1 is 1.22 bits per heavy atom. The van der Waals surface area contributed by atoms with Crippen LogP contribution in [0.1, 0.15) is 22.9 Å². The molecule has 1 unspecified atom stereocenters. The van der Waals surface area contributed by atoms with E-state index in [-0.39, 0.29) is 44.3 Å². The van der Waals surface area contributed by atoms with Gasteiger partial charge in [-0.05, 0) is 29.1 Å². The van der Waals surface area contributed by atoms with Crippen molar-refractivity contribution in [1.82, 2.24) is 9.91 Å². The molecule has 0 saturated heterocycles. The molecule has 0 radical (unpaired) electrons. The van der Waals surface area contributed by atoms with Gasteiger partial charge in [0.05, 0.1) is 23.2 Å². The van der Waals surface area contributed by atoms with Crippen molar-refractivity contribution in [2.75, 3.05) is 47.3 Å². The normalized spacial score (nSPS) is 16.9. The van der Waals surface area contributed by atoms with Gasteiger partial charge < -0.3 is 23.8 Å². The van der Waals surface area contributed by atoms with Gasteiger partial charge in [-0.3, -0.25) is 9.59 Å². The largest absolute Gasteiger partial charge is 0.454 e. The molecule has 2 aliphatic heterocycles. The molecule has 3 heterocycles. The molecule has 0 spiro atoms. The van der Waals surface area contributed by atoms with E-state index in [0.717, 1.165) is 16.2 Å². The summed E-state index contributed by atoms with van der Waals surface area (Å²) in [6.45, 7) is 0.561. The molecule has 1 aromatic carbocycles. The summed E-state index contributed by atoms with van der Waals surface area (Å²) in [7, 11) is 3.00. The van der Waals surface area contributed by atoms with Gasteiger partial charge in [-0.15, -0.1) is 11.3 Å². The highest BCUT2D eigenvalue weighted by molar-refractivity contribution is 7.12. The first kappa shape index (κ1) is 22.3. The highest BCUT2D eigenvalue weighted by atomic mass is 32.1. The fourth-order valence-corrected chi connectivity index (χ4v) is 4.38. The topological polar surface area (TPSA) is 89.9 Å². The molecule has 9 nitrogen and oxygen atoms in total. The molecule has 0 saturated carbocycles. The Bertz CT molecular complexity index is 994. The number of nitrogens with zero attached hydrogens (tertiary/aromatic N) is 3. The summed E-state index contributed by atoms with van der Waals surface area (Å²) in [5.74, 6) is 0.773. The summed E-state index contributed by atoms with van der Waals surface area (Å²) in [5, 5.41) is 8.12. The molecule has 170 valence electrons. The predicted octanol–water partition coefficient (Wildman–Crippen LogP) is 2.28. The molecule has 1 aromatic heterocycles. The number of benzene rings is 1. The molecule has 2 amide bonds. The third-order valence-corrected chi connectivity index (χ3v) is 6.18. The Hall–Kier alpha value is -2.95. The van der Waals surface area contributed by atoms with Gasteiger partial charge in [0.1, 0.15) is 13.2 Å². The van der Waals surface area contributed by atoms with Crippen LogP contribution in [0, 0.1) is 0 Å². The lowest BCUT2D eigenvalue weighted by Gasteiger charge is -2.27. The minimum atomic E-state index is -0.309. The van der Waals surface area contributed by atoms with E-state index in [1.54, 1.807) is 18.4 Å². The first-order chi connectivity index (χ1) is 15.6. The SMILES string of the molecule is COCCN(CC(=O)N1N=C(c2cccs2)CC1c1ccc2c(c1)OCO2)C(=O)COC. The van der Waals surface area contributed by atoms with Crippen molar-refractivity contribution in [1.29, 1.82) is 0 Å². The van der Waals surface area contributed by atoms with Crippen molar-refractivity contribution < 1.29 is 28.5 Å². The minimum Gasteiger partial charge on any atom is -0.454 e. The predicted molar refractivity (Wildman–Crippen MR) is 118 cm³/mol. The monoisotopic (exact) mass is 459 g/mol. The van der Waals surface area contributed by atoms with Crippen LogP contribution in [0.3, 0.4) is 0 Å². The van der Waals surface area contributed by atoms with Crippen molar-refractivity contribution >= 4 is 28.9 Å². The fraction of sp³-hybridized carbons (Fsp3) is 0.409. The zero-order chi connectivity index (χ0) is 22.5. The van der Waals surface area contributed by atoms with Gasteiger partial charge in [-0.25, -0.2) is 5.01 Å². The molecule has 4 rings (SSSR count). The van der Waals surface area contributed by atoms with E-state index < -0.39 is 0 Å². The van der Waals surface area contributed by atoms with Crippen LogP contribution >= 0.6 is 11.3 Å². The minimum absolute atomic E-state index is 0.105. The third-order valence-electron chi connectivity index (χ3n) is 5.26. The average Bonchev–Trinajstić information content (AvgIpc) is 3.55. The van der Waals surface area contributed by atoms with Crippen molar-refractivity contribution in [2.45, 2.75) is 12.5 Å². The number of hydrogen-bond acceptors (Lipinski definition) is 8. The Kier molecular flexibility index (Phi) is 7.03. The van der Waals surface area contributed by atoms with E-state index in [1.807, 2.05) is 35.7 Å². The quantitative estimate of drug-likeness (QED) is 0.572. The van der Waals surface area contributed by atoms with E-state index in [9.17, 15) is 9.59 Å². The standard InChI is InChI=1S/C22H25N3O6S/c1-28-8-7-24(22(27)13-29-2)12-21(26)25-17(11-16(23-25)20-4-3-9-32-20)15-5-6-18-19(10-15)31-14-30-18/h3-6,9-10,17H,7-8,11-14H2,1-2H3. The summed E-state index contributed by atoms with van der Waals surface area (Å²) in [5.41, 5.74) is 1.73. The van der Waals surface area contributed by atoms with E-state index in [2.05, 4.69) is 5.10 Å². The van der Waals surface area contributed by atoms with Gasteiger partial charge in [-0.2, -0.15) is 5.10 Å². The van der Waals surface area contributed by atoms with Crippen molar-refractivity contribution in [2.24, 2.45) is 5.10 Å². The zero-order valence-electron chi connectivity index (χ0n) is 18.0. The number of thiophene rings is 1. The van der Waals surface area contributed by atoms with Gasteiger partial charge >= 0.3 is 0 Å². The number of hydrogen-bond donors (Lipinski definition) is 0. The summed E-state index contributed by atoms with van der Waals surface area (Å²) < 4.78 is 21.0. The molecule has 1 atom stereocenters. The number of carbonyl (C=O) groups is 2. The third kappa shape index (κ3) is 4.77. The second kappa shape index (κ2) is 10.1. The number of rotatable bonds is 9. The highest BCUT2D eigenvalue weighted by Crippen LogP contribution is 2.39. The molecule has 2 aromatic rings. The second-order valence-electron chi connectivity index (χ2n) is 7.34. The Morgan fingerprint density at radius 3 is 2.81 bits per heavy atom. The summed E-state index contributed by atoms with van der Waals surface area (Å²) in [4.78, 5) is 28.2. The fourth-order valence-electron chi connectivity index (χ4n) is 3.66. The molecule has 0 N–H and O–H groups in total. The van der Waals surface area contributed by atoms with Crippen LogP contribution in [0.25, 0.3) is 0 Å². The number of fused-ring (bicyclic) bond motifs is 1. The molecule has 10 heteroatoms. The van der Waals surface area contributed by atoms with E-state index >= 15 is 0 Å². The molecule has 0 bridgehead atoms. The number of carbonyl (C=O) groups excluding carboxylic acids is 2. The van der Waals surface area contributed by atoms with Gasteiger partial charge in [0.2, 0.25) is 12.7 Å². The van der Waals surface area contributed by atoms with Crippen molar-refractivity contribution in [3.8, 4) is 11.5 Å². The molecule has 2 aliphatic rings. The first-order valence-corrected chi connectivity index (χ1v) is 11.1. The lowest BCUT2D eigenvalue weighted by atomic mass is 10.0. The maximum Gasteiger partial charge on any atom is 0.262 e. The van der Waals surface area contributed by atoms with Crippen LogP contribution in [0.2, 0.25) is 0 Å². The average molecular weight is 460 g/mol. The smallest absolute Gasteiger partial charge is 0.262 e.